The summed E-state index contributed by atoms with van der Waals surface area (Å²) >= 11 is 0. The number of benzene rings is 2. The second kappa shape index (κ2) is 8.00. The maximum absolute atomic E-state index is 13.4. The number of pyridine rings is 1. The number of aryl methyl sites for hydroxylation is 1. The molecule has 30 heavy (non-hydrogen) atoms. The van der Waals surface area contributed by atoms with E-state index in [-0.39, 0.29) is 15.8 Å². The highest BCUT2D eigenvalue weighted by Crippen LogP contribution is 2.28. The molecule has 0 bridgehead atoms. The molecule has 0 spiro atoms. The fourth-order valence-corrected chi connectivity index (χ4v) is 6.21. The van der Waals surface area contributed by atoms with Gasteiger partial charge < -0.3 is 4.74 Å². The molecular weight excluding hydrogens is 422 g/mol. The van der Waals surface area contributed by atoms with E-state index in [1.165, 1.54) is 19.2 Å². The zero-order valence-electron chi connectivity index (χ0n) is 16.3. The number of aromatic nitrogens is 3. The summed E-state index contributed by atoms with van der Waals surface area (Å²) in [5.74, 6) is 0.498. The summed E-state index contributed by atoms with van der Waals surface area (Å²) in [4.78, 5) is 8.76. The van der Waals surface area contributed by atoms with Gasteiger partial charge in [0.15, 0.2) is 0 Å². The Morgan fingerprint density at radius 2 is 1.73 bits per heavy atom. The van der Waals surface area contributed by atoms with Crippen LogP contribution in [-0.4, -0.2) is 33.7 Å². The number of hydrogen-bond donors (Lipinski definition) is 0. The summed E-state index contributed by atoms with van der Waals surface area (Å²) in [6.07, 6.45) is 1.61. The molecule has 2 aromatic carbocycles. The van der Waals surface area contributed by atoms with Gasteiger partial charge in [-0.15, -0.1) is 0 Å². The number of nitrogens with zero attached hydrogens (tertiary/aromatic N) is 3. The normalized spacial score (nSPS) is 12.7. The molecule has 0 aliphatic rings. The van der Waals surface area contributed by atoms with Crippen LogP contribution in [0.1, 0.15) is 11.3 Å². The Hall–Kier alpha value is -3.04. The summed E-state index contributed by atoms with van der Waals surface area (Å²) in [5, 5.41) is -0.0505. The van der Waals surface area contributed by atoms with Crippen LogP contribution in [0.25, 0.3) is 11.0 Å². The van der Waals surface area contributed by atoms with E-state index in [0.717, 1.165) is 9.54 Å². The lowest BCUT2D eigenvalue weighted by atomic mass is 10.2. The molecule has 0 aliphatic carbocycles. The third-order valence-corrected chi connectivity index (χ3v) is 7.67. The van der Waals surface area contributed by atoms with Crippen molar-refractivity contribution in [3.05, 3.63) is 78.1 Å². The Balaban J connectivity index is 1.87. The highest BCUT2D eigenvalue weighted by Gasteiger charge is 2.28. The Morgan fingerprint density at radius 3 is 2.47 bits per heavy atom. The number of para-hydroxylation sites is 2. The Morgan fingerprint density at radius 1 is 1.03 bits per heavy atom. The topological polar surface area (TPSA) is 91.2 Å². The minimum atomic E-state index is -4.00. The molecule has 154 valence electrons. The molecular formula is C21H19N3O4S2. The van der Waals surface area contributed by atoms with Gasteiger partial charge in [0.2, 0.25) is 5.16 Å². The first-order valence-corrected chi connectivity index (χ1v) is 11.8. The molecule has 2 heterocycles. The van der Waals surface area contributed by atoms with E-state index in [4.69, 9.17) is 4.74 Å². The van der Waals surface area contributed by atoms with Gasteiger partial charge in [-0.3, -0.25) is 9.19 Å². The molecule has 1 unspecified atom stereocenters. The smallest absolute Gasteiger partial charge is 0.270 e. The van der Waals surface area contributed by atoms with Gasteiger partial charge in [-0.25, -0.2) is 17.4 Å². The monoisotopic (exact) mass is 441 g/mol. The zero-order valence-corrected chi connectivity index (χ0v) is 18.0. The van der Waals surface area contributed by atoms with Crippen molar-refractivity contribution in [1.82, 2.24) is 13.9 Å². The van der Waals surface area contributed by atoms with Crippen LogP contribution in [0.3, 0.4) is 0 Å². The van der Waals surface area contributed by atoms with E-state index in [1.54, 1.807) is 54.7 Å². The third kappa shape index (κ3) is 3.50. The summed E-state index contributed by atoms with van der Waals surface area (Å²) in [5.41, 5.74) is 2.15. The summed E-state index contributed by atoms with van der Waals surface area (Å²) in [6, 6.07) is 16.6. The van der Waals surface area contributed by atoms with Gasteiger partial charge >= 0.3 is 0 Å². The molecule has 0 radical (unpaired) electrons. The van der Waals surface area contributed by atoms with Crippen LogP contribution >= 0.6 is 0 Å². The average molecular weight is 442 g/mol. The number of ether oxygens (including phenoxy) is 1. The Kier molecular flexibility index (Phi) is 5.40. The highest BCUT2D eigenvalue weighted by atomic mass is 32.2. The van der Waals surface area contributed by atoms with Crippen molar-refractivity contribution >= 4 is 31.9 Å². The van der Waals surface area contributed by atoms with Gasteiger partial charge in [-0.05, 0) is 42.8 Å². The molecule has 0 amide bonds. The Bertz CT molecular complexity index is 1350. The molecule has 2 aromatic heterocycles. The van der Waals surface area contributed by atoms with Crippen LogP contribution in [-0.2, 0) is 26.6 Å². The molecule has 4 rings (SSSR count). The fourth-order valence-electron chi connectivity index (χ4n) is 3.23. The van der Waals surface area contributed by atoms with Gasteiger partial charge in [0.1, 0.15) is 5.75 Å². The van der Waals surface area contributed by atoms with E-state index < -0.39 is 20.8 Å². The minimum absolute atomic E-state index is 0.0293. The Labute approximate surface area is 176 Å². The molecule has 0 saturated carbocycles. The molecule has 0 aliphatic heterocycles. The second-order valence-corrected chi connectivity index (χ2v) is 9.69. The SMILES string of the molecule is COc1c(C)ccnc1CS(=O)c1nc2ccccc2n1S(=O)(=O)c1ccccc1. The van der Waals surface area contributed by atoms with Crippen LogP contribution in [0.4, 0.5) is 0 Å². The third-order valence-electron chi connectivity index (χ3n) is 4.62. The molecule has 1 atom stereocenters. The van der Waals surface area contributed by atoms with Crippen molar-refractivity contribution in [2.75, 3.05) is 7.11 Å². The van der Waals surface area contributed by atoms with E-state index in [1.807, 2.05) is 6.92 Å². The zero-order chi connectivity index (χ0) is 21.3. The van der Waals surface area contributed by atoms with Crippen LogP contribution in [0.2, 0.25) is 0 Å². The lowest BCUT2D eigenvalue weighted by molar-refractivity contribution is 0.405. The molecule has 0 fully saturated rings. The molecule has 9 heteroatoms. The van der Waals surface area contributed by atoms with Crippen LogP contribution < -0.4 is 4.74 Å². The number of hydrogen-bond acceptors (Lipinski definition) is 6. The van der Waals surface area contributed by atoms with Crippen molar-refractivity contribution in [3.63, 3.8) is 0 Å². The van der Waals surface area contributed by atoms with E-state index in [2.05, 4.69) is 9.97 Å². The molecule has 0 saturated heterocycles. The predicted molar refractivity (Wildman–Crippen MR) is 114 cm³/mol. The van der Waals surface area contributed by atoms with Crippen molar-refractivity contribution in [2.24, 2.45) is 0 Å². The highest BCUT2D eigenvalue weighted by molar-refractivity contribution is 7.91. The summed E-state index contributed by atoms with van der Waals surface area (Å²) in [7, 11) is -4.27. The quantitative estimate of drug-likeness (QED) is 0.456. The predicted octanol–water partition coefficient (Wildman–Crippen LogP) is 3.29. The number of methoxy groups -OCH3 is 1. The molecule has 7 nitrogen and oxygen atoms in total. The fraction of sp³-hybridized carbons (Fsp3) is 0.143. The van der Waals surface area contributed by atoms with Crippen molar-refractivity contribution < 1.29 is 17.4 Å². The number of fused-ring (bicyclic) bond motifs is 1. The van der Waals surface area contributed by atoms with Crippen molar-refractivity contribution in [2.45, 2.75) is 22.7 Å². The van der Waals surface area contributed by atoms with Crippen molar-refractivity contribution in [1.29, 1.82) is 0 Å². The van der Waals surface area contributed by atoms with E-state index >= 15 is 0 Å². The first kappa shape index (κ1) is 20.2. The number of rotatable bonds is 6. The first-order valence-electron chi connectivity index (χ1n) is 9.08. The van der Waals surface area contributed by atoms with Crippen LogP contribution in [0.5, 0.6) is 5.75 Å². The van der Waals surface area contributed by atoms with Gasteiger partial charge in [0.25, 0.3) is 10.0 Å². The van der Waals surface area contributed by atoms with Gasteiger partial charge in [-0.2, -0.15) is 0 Å². The maximum atomic E-state index is 13.4. The summed E-state index contributed by atoms with van der Waals surface area (Å²) in [6.45, 7) is 1.86. The summed E-state index contributed by atoms with van der Waals surface area (Å²) < 4.78 is 46.6. The molecule has 4 aromatic rings. The lowest BCUT2D eigenvalue weighted by Gasteiger charge is -2.12. The molecule has 0 N–H and O–H groups in total. The lowest BCUT2D eigenvalue weighted by Crippen LogP contribution is -2.17. The standard InChI is InChI=1S/C21H19N3O4S2/c1-15-12-13-22-18(20(15)28-2)14-29(25)21-23-17-10-6-7-11-19(17)24(21)30(26,27)16-8-4-3-5-9-16/h3-13H,14H2,1-2H3. The largest absolute Gasteiger partial charge is 0.495 e. The van der Waals surface area contributed by atoms with Gasteiger partial charge in [0, 0.05) is 6.20 Å². The van der Waals surface area contributed by atoms with Crippen LogP contribution in [0.15, 0.2) is 76.9 Å². The first-order chi connectivity index (χ1) is 14.4. The van der Waals surface area contributed by atoms with Gasteiger partial charge in [0.05, 0.1) is 45.3 Å². The van der Waals surface area contributed by atoms with E-state index in [9.17, 15) is 12.6 Å². The van der Waals surface area contributed by atoms with Crippen LogP contribution in [0, 0.1) is 6.92 Å². The minimum Gasteiger partial charge on any atom is -0.495 e. The maximum Gasteiger partial charge on any atom is 0.270 e. The van der Waals surface area contributed by atoms with Gasteiger partial charge in [-0.1, -0.05) is 30.3 Å². The average Bonchev–Trinajstić information content (AvgIpc) is 3.15. The van der Waals surface area contributed by atoms with Crippen molar-refractivity contribution in [3.8, 4) is 5.75 Å². The van der Waals surface area contributed by atoms with E-state index in [0.29, 0.717) is 22.5 Å². The second-order valence-electron chi connectivity index (χ2n) is 6.56. The number of imidazole rings is 1.